The van der Waals surface area contributed by atoms with Crippen molar-refractivity contribution < 1.29 is 9.90 Å². The standard InChI is InChI=1S/C14H13ClN2O2/c1-8-4-3-5-9(2)13(8)17-12-6-10(14(18)19)11(15)7-16-12/h3-7H,1-2H3,(H,16,17)(H,18,19). The molecule has 0 amide bonds. The predicted octanol–water partition coefficient (Wildman–Crippen LogP) is 3.79. The molecule has 2 aromatic rings. The minimum absolute atomic E-state index is 0.0328. The number of carboxylic acid groups (broad SMARTS) is 1. The Hall–Kier alpha value is -2.07. The number of nitrogens with zero attached hydrogens (tertiary/aromatic N) is 1. The van der Waals surface area contributed by atoms with E-state index < -0.39 is 5.97 Å². The van der Waals surface area contributed by atoms with Gasteiger partial charge in [0, 0.05) is 11.9 Å². The zero-order valence-corrected chi connectivity index (χ0v) is 11.3. The average Bonchev–Trinajstić information content (AvgIpc) is 2.35. The van der Waals surface area contributed by atoms with Gasteiger partial charge in [0.05, 0.1) is 10.6 Å². The van der Waals surface area contributed by atoms with E-state index in [0.29, 0.717) is 5.82 Å². The van der Waals surface area contributed by atoms with Gasteiger partial charge in [-0.2, -0.15) is 0 Å². The molecule has 1 aromatic carbocycles. The fourth-order valence-corrected chi connectivity index (χ4v) is 1.99. The molecular weight excluding hydrogens is 264 g/mol. The highest BCUT2D eigenvalue weighted by Crippen LogP contribution is 2.25. The van der Waals surface area contributed by atoms with Gasteiger partial charge in [-0.05, 0) is 31.0 Å². The Kier molecular flexibility index (Phi) is 3.71. The molecule has 0 saturated heterocycles. The molecule has 0 spiro atoms. The monoisotopic (exact) mass is 276 g/mol. The molecule has 0 unspecified atom stereocenters. The summed E-state index contributed by atoms with van der Waals surface area (Å²) < 4.78 is 0. The number of anilines is 2. The van der Waals surface area contributed by atoms with Crippen molar-refractivity contribution in [1.29, 1.82) is 0 Å². The van der Waals surface area contributed by atoms with Crippen molar-refractivity contribution in [2.24, 2.45) is 0 Å². The molecule has 5 heteroatoms. The van der Waals surface area contributed by atoms with E-state index in [1.54, 1.807) is 0 Å². The molecule has 0 saturated carbocycles. The smallest absolute Gasteiger partial charge is 0.337 e. The van der Waals surface area contributed by atoms with Crippen LogP contribution < -0.4 is 5.32 Å². The number of pyridine rings is 1. The second-order valence-electron chi connectivity index (χ2n) is 4.25. The van der Waals surface area contributed by atoms with Crippen LogP contribution in [0.5, 0.6) is 0 Å². The molecule has 0 radical (unpaired) electrons. The first-order valence-electron chi connectivity index (χ1n) is 5.71. The number of benzene rings is 1. The number of aryl methyl sites for hydroxylation is 2. The van der Waals surface area contributed by atoms with Crippen LogP contribution in [0.15, 0.2) is 30.5 Å². The third-order valence-electron chi connectivity index (χ3n) is 2.82. The Morgan fingerprint density at radius 3 is 2.53 bits per heavy atom. The molecular formula is C14H13ClN2O2. The molecule has 0 aliphatic rings. The maximum atomic E-state index is 11.0. The number of carbonyl (C=O) groups is 1. The highest BCUT2D eigenvalue weighted by atomic mass is 35.5. The Morgan fingerprint density at radius 1 is 1.32 bits per heavy atom. The largest absolute Gasteiger partial charge is 0.478 e. The fourth-order valence-electron chi connectivity index (χ4n) is 1.81. The number of para-hydroxylation sites is 1. The first-order valence-corrected chi connectivity index (χ1v) is 6.09. The minimum Gasteiger partial charge on any atom is -0.478 e. The van der Waals surface area contributed by atoms with Gasteiger partial charge in [0.15, 0.2) is 0 Å². The van der Waals surface area contributed by atoms with Gasteiger partial charge in [-0.1, -0.05) is 29.8 Å². The summed E-state index contributed by atoms with van der Waals surface area (Å²) in [6, 6.07) is 7.34. The average molecular weight is 277 g/mol. The lowest BCUT2D eigenvalue weighted by atomic mass is 10.1. The van der Waals surface area contributed by atoms with E-state index in [9.17, 15) is 4.79 Å². The van der Waals surface area contributed by atoms with Crippen molar-refractivity contribution in [3.63, 3.8) is 0 Å². The summed E-state index contributed by atoms with van der Waals surface area (Å²) >= 11 is 5.79. The summed E-state index contributed by atoms with van der Waals surface area (Å²) in [5.74, 6) is -0.615. The number of aromatic nitrogens is 1. The third-order valence-corrected chi connectivity index (χ3v) is 3.12. The lowest BCUT2D eigenvalue weighted by Gasteiger charge is -2.12. The fraction of sp³-hybridized carbons (Fsp3) is 0.143. The predicted molar refractivity (Wildman–Crippen MR) is 75.4 cm³/mol. The van der Waals surface area contributed by atoms with Gasteiger partial charge in [0.25, 0.3) is 0 Å². The van der Waals surface area contributed by atoms with Gasteiger partial charge < -0.3 is 10.4 Å². The van der Waals surface area contributed by atoms with Crippen molar-refractivity contribution in [3.8, 4) is 0 Å². The van der Waals surface area contributed by atoms with Gasteiger partial charge in [-0.15, -0.1) is 0 Å². The van der Waals surface area contributed by atoms with Gasteiger partial charge in [0.2, 0.25) is 0 Å². The second kappa shape index (κ2) is 5.28. The molecule has 0 fully saturated rings. The Bertz CT molecular complexity index is 621. The van der Waals surface area contributed by atoms with Crippen LogP contribution in [0.4, 0.5) is 11.5 Å². The van der Waals surface area contributed by atoms with Crippen molar-refractivity contribution in [1.82, 2.24) is 4.98 Å². The van der Waals surface area contributed by atoms with E-state index in [0.717, 1.165) is 16.8 Å². The first-order chi connectivity index (χ1) is 8.99. The molecule has 1 heterocycles. The third kappa shape index (κ3) is 2.85. The number of carboxylic acids is 1. The normalized spacial score (nSPS) is 10.3. The maximum Gasteiger partial charge on any atom is 0.337 e. The number of hydrogen-bond donors (Lipinski definition) is 2. The Labute approximate surface area is 116 Å². The lowest BCUT2D eigenvalue weighted by Crippen LogP contribution is -2.02. The quantitative estimate of drug-likeness (QED) is 0.895. The summed E-state index contributed by atoms with van der Waals surface area (Å²) in [5, 5.41) is 12.3. The van der Waals surface area contributed by atoms with Crippen LogP contribution in [0.2, 0.25) is 5.02 Å². The number of halogens is 1. The van der Waals surface area contributed by atoms with Gasteiger partial charge in [-0.3, -0.25) is 0 Å². The zero-order valence-electron chi connectivity index (χ0n) is 10.6. The molecule has 0 atom stereocenters. The van der Waals surface area contributed by atoms with Crippen LogP contribution in [0.3, 0.4) is 0 Å². The van der Waals surface area contributed by atoms with Crippen LogP contribution in [-0.2, 0) is 0 Å². The summed E-state index contributed by atoms with van der Waals surface area (Å²) in [6.45, 7) is 3.95. The van der Waals surface area contributed by atoms with Crippen LogP contribution in [0.25, 0.3) is 0 Å². The van der Waals surface area contributed by atoms with E-state index in [4.69, 9.17) is 16.7 Å². The van der Waals surface area contributed by atoms with E-state index >= 15 is 0 Å². The highest BCUT2D eigenvalue weighted by Gasteiger charge is 2.11. The van der Waals surface area contributed by atoms with Crippen molar-refractivity contribution >= 4 is 29.1 Å². The number of rotatable bonds is 3. The van der Waals surface area contributed by atoms with Crippen molar-refractivity contribution in [2.75, 3.05) is 5.32 Å². The van der Waals surface area contributed by atoms with E-state index in [1.165, 1.54) is 12.3 Å². The van der Waals surface area contributed by atoms with Gasteiger partial charge in [-0.25, -0.2) is 9.78 Å². The molecule has 0 aliphatic carbocycles. The van der Waals surface area contributed by atoms with Crippen molar-refractivity contribution in [3.05, 3.63) is 52.2 Å². The summed E-state index contributed by atoms with van der Waals surface area (Å²) in [6.07, 6.45) is 1.33. The Balaban J connectivity index is 2.39. The first kappa shape index (κ1) is 13.4. The molecule has 0 bridgehead atoms. The topological polar surface area (TPSA) is 62.2 Å². The van der Waals surface area contributed by atoms with Gasteiger partial charge in [0.1, 0.15) is 5.82 Å². The molecule has 98 valence electrons. The van der Waals surface area contributed by atoms with Crippen LogP contribution in [0.1, 0.15) is 21.5 Å². The van der Waals surface area contributed by atoms with Crippen LogP contribution >= 0.6 is 11.6 Å². The second-order valence-corrected chi connectivity index (χ2v) is 4.65. The van der Waals surface area contributed by atoms with Crippen LogP contribution in [0, 0.1) is 13.8 Å². The number of hydrogen-bond acceptors (Lipinski definition) is 3. The minimum atomic E-state index is -1.07. The lowest BCUT2D eigenvalue weighted by molar-refractivity contribution is 0.0697. The van der Waals surface area contributed by atoms with E-state index in [1.807, 2.05) is 32.0 Å². The Morgan fingerprint density at radius 2 is 1.95 bits per heavy atom. The number of aromatic carboxylic acids is 1. The van der Waals surface area contributed by atoms with Crippen molar-refractivity contribution in [2.45, 2.75) is 13.8 Å². The summed E-state index contributed by atoms with van der Waals surface area (Å²) in [7, 11) is 0. The molecule has 4 nitrogen and oxygen atoms in total. The van der Waals surface area contributed by atoms with E-state index in [2.05, 4.69) is 10.3 Å². The molecule has 2 N–H and O–H groups in total. The molecule has 0 aliphatic heterocycles. The molecule has 2 rings (SSSR count). The summed E-state index contributed by atoms with van der Waals surface area (Å²) in [4.78, 5) is 15.1. The zero-order chi connectivity index (χ0) is 14.0. The maximum absolute atomic E-state index is 11.0. The molecule has 19 heavy (non-hydrogen) atoms. The van der Waals surface area contributed by atoms with E-state index in [-0.39, 0.29) is 10.6 Å². The number of nitrogens with one attached hydrogen (secondary N) is 1. The molecule has 1 aromatic heterocycles. The van der Waals surface area contributed by atoms with Gasteiger partial charge >= 0.3 is 5.97 Å². The summed E-state index contributed by atoms with van der Waals surface area (Å²) in [5.41, 5.74) is 3.08. The van der Waals surface area contributed by atoms with Crippen LogP contribution in [-0.4, -0.2) is 16.1 Å². The highest BCUT2D eigenvalue weighted by molar-refractivity contribution is 6.33. The SMILES string of the molecule is Cc1cccc(C)c1Nc1cc(C(=O)O)c(Cl)cn1.